The Morgan fingerprint density at radius 1 is 1.26 bits per heavy atom. The molecule has 0 N–H and O–H groups in total. The molecule has 0 saturated heterocycles. The molecule has 1 aromatic carbocycles. The topological polar surface area (TPSA) is 93.2 Å². The Labute approximate surface area is 161 Å². The first-order valence-electron chi connectivity index (χ1n) is 8.43. The zero-order valence-corrected chi connectivity index (χ0v) is 16.2. The van der Waals surface area contributed by atoms with Crippen LogP contribution in [0.3, 0.4) is 0 Å². The van der Waals surface area contributed by atoms with Gasteiger partial charge in [-0.2, -0.15) is 10.2 Å². The minimum Gasteiger partial charge on any atom is -0.461 e. The van der Waals surface area contributed by atoms with E-state index in [0.29, 0.717) is 22.9 Å². The number of nitrogens with zero attached hydrogens (tertiary/aromatic N) is 5. The molecule has 27 heavy (non-hydrogen) atoms. The molecule has 0 unspecified atom stereocenters. The number of esters is 1. The summed E-state index contributed by atoms with van der Waals surface area (Å²) in [4.78, 5) is 21.0. The molecule has 0 aliphatic carbocycles. The Balaban J connectivity index is 1.63. The molecule has 138 valence electrons. The maximum atomic E-state index is 12.1. The van der Waals surface area contributed by atoms with Gasteiger partial charge in [0.25, 0.3) is 5.78 Å². The molecule has 2 heterocycles. The fraction of sp³-hybridized carbons (Fsp3) is 0.316. The van der Waals surface area contributed by atoms with E-state index in [0.717, 1.165) is 22.5 Å². The molecule has 0 atom stereocenters. The van der Waals surface area contributed by atoms with Crippen LogP contribution in [0.2, 0.25) is 0 Å². The summed E-state index contributed by atoms with van der Waals surface area (Å²) in [5.74, 6) is 0.295. The molecular formula is C19H19N5O2S. The molecule has 0 aliphatic heterocycles. The standard InChI is InChI=1S/C19H19N5O2S/c1-12-16(13(2)24-18(21-12)22-19(23-24)27-3)8-9-17(25)26-11-15-6-4-14(10-20)5-7-15/h4-7H,8-9,11H2,1-3H3. The van der Waals surface area contributed by atoms with Crippen molar-refractivity contribution in [1.82, 2.24) is 19.6 Å². The van der Waals surface area contributed by atoms with Crippen LogP contribution >= 0.6 is 11.8 Å². The summed E-state index contributed by atoms with van der Waals surface area (Å²) < 4.78 is 7.05. The third kappa shape index (κ3) is 4.26. The molecular weight excluding hydrogens is 362 g/mol. The summed E-state index contributed by atoms with van der Waals surface area (Å²) in [5, 5.41) is 13.9. The Hall–Kier alpha value is -2.92. The smallest absolute Gasteiger partial charge is 0.306 e. The van der Waals surface area contributed by atoms with Gasteiger partial charge in [-0.25, -0.2) is 9.50 Å². The lowest BCUT2D eigenvalue weighted by atomic mass is 10.1. The fourth-order valence-corrected chi connectivity index (χ4v) is 3.11. The molecule has 0 aliphatic rings. The number of hydrogen-bond donors (Lipinski definition) is 0. The van der Waals surface area contributed by atoms with Crippen molar-refractivity contribution in [3.63, 3.8) is 0 Å². The number of rotatable bonds is 6. The van der Waals surface area contributed by atoms with Gasteiger partial charge < -0.3 is 4.74 Å². The second-order valence-corrected chi connectivity index (χ2v) is 6.81. The van der Waals surface area contributed by atoms with E-state index in [1.807, 2.05) is 20.1 Å². The summed E-state index contributed by atoms with van der Waals surface area (Å²) in [5.41, 5.74) is 4.20. The Kier molecular flexibility index (Phi) is 5.72. The second-order valence-electron chi connectivity index (χ2n) is 6.04. The van der Waals surface area contributed by atoms with Crippen LogP contribution in [0.1, 0.15) is 34.5 Å². The third-order valence-corrected chi connectivity index (χ3v) is 4.81. The minimum absolute atomic E-state index is 0.194. The van der Waals surface area contributed by atoms with Crippen molar-refractivity contribution in [3.8, 4) is 6.07 Å². The fourth-order valence-electron chi connectivity index (χ4n) is 2.78. The lowest BCUT2D eigenvalue weighted by molar-refractivity contribution is -0.144. The molecule has 0 spiro atoms. The van der Waals surface area contributed by atoms with Crippen LogP contribution in [-0.4, -0.2) is 31.8 Å². The van der Waals surface area contributed by atoms with E-state index in [1.165, 1.54) is 11.8 Å². The average molecular weight is 381 g/mol. The van der Waals surface area contributed by atoms with E-state index in [1.54, 1.807) is 28.8 Å². The summed E-state index contributed by atoms with van der Waals surface area (Å²) in [6.45, 7) is 4.07. The molecule has 3 rings (SSSR count). The van der Waals surface area contributed by atoms with E-state index in [4.69, 9.17) is 10.00 Å². The van der Waals surface area contributed by atoms with Gasteiger partial charge in [-0.15, -0.1) is 5.10 Å². The Morgan fingerprint density at radius 3 is 2.67 bits per heavy atom. The van der Waals surface area contributed by atoms with Crippen LogP contribution in [-0.2, 0) is 22.6 Å². The van der Waals surface area contributed by atoms with Gasteiger partial charge >= 0.3 is 5.97 Å². The summed E-state index contributed by atoms with van der Waals surface area (Å²) in [6, 6.07) is 9.04. The number of benzene rings is 1. The highest BCUT2D eigenvalue weighted by atomic mass is 32.2. The van der Waals surface area contributed by atoms with E-state index >= 15 is 0 Å². The highest BCUT2D eigenvalue weighted by Crippen LogP contribution is 2.18. The first-order valence-corrected chi connectivity index (χ1v) is 9.65. The van der Waals surface area contributed by atoms with Gasteiger partial charge in [0.15, 0.2) is 0 Å². The number of fused-ring (bicyclic) bond motifs is 1. The van der Waals surface area contributed by atoms with Crippen LogP contribution in [0, 0.1) is 25.2 Å². The van der Waals surface area contributed by atoms with E-state index in [-0.39, 0.29) is 19.0 Å². The maximum absolute atomic E-state index is 12.1. The molecule has 0 amide bonds. The van der Waals surface area contributed by atoms with Crippen LogP contribution in [0.5, 0.6) is 0 Å². The SMILES string of the molecule is CSc1nc2nc(C)c(CCC(=O)OCc3ccc(C#N)cc3)c(C)n2n1. The van der Waals surface area contributed by atoms with Crippen molar-refractivity contribution in [2.24, 2.45) is 0 Å². The highest BCUT2D eigenvalue weighted by molar-refractivity contribution is 7.98. The second kappa shape index (κ2) is 8.18. The molecule has 0 fully saturated rings. The quantitative estimate of drug-likeness (QED) is 0.478. The first kappa shape index (κ1) is 18.9. The third-order valence-electron chi connectivity index (χ3n) is 4.27. The normalized spacial score (nSPS) is 10.7. The number of carbonyl (C=O) groups excluding carboxylic acids is 1. The van der Waals surface area contributed by atoms with Crippen molar-refractivity contribution in [2.45, 2.75) is 38.5 Å². The molecule has 8 heteroatoms. The maximum Gasteiger partial charge on any atom is 0.306 e. The molecule has 0 bridgehead atoms. The average Bonchev–Trinajstić information content (AvgIpc) is 3.10. The van der Waals surface area contributed by atoms with Crippen LogP contribution < -0.4 is 0 Å². The molecule has 0 radical (unpaired) electrons. The van der Waals surface area contributed by atoms with E-state index in [2.05, 4.69) is 21.1 Å². The number of hydrogen-bond acceptors (Lipinski definition) is 7. The minimum atomic E-state index is -0.276. The van der Waals surface area contributed by atoms with Gasteiger partial charge in [0.1, 0.15) is 6.61 Å². The van der Waals surface area contributed by atoms with E-state index in [9.17, 15) is 4.79 Å². The number of thioether (sulfide) groups is 1. The first-order chi connectivity index (χ1) is 13.0. The number of aryl methyl sites for hydroxylation is 2. The van der Waals surface area contributed by atoms with Crippen molar-refractivity contribution in [2.75, 3.05) is 6.26 Å². The summed E-state index contributed by atoms with van der Waals surface area (Å²) >= 11 is 1.46. The molecule has 3 aromatic rings. The van der Waals surface area contributed by atoms with Gasteiger partial charge in [0, 0.05) is 17.8 Å². The molecule has 2 aromatic heterocycles. The Bertz CT molecular complexity index is 1020. The van der Waals surface area contributed by atoms with Crippen molar-refractivity contribution < 1.29 is 9.53 Å². The number of aromatic nitrogens is 4. The molecule has 0 saturated carbocycles. The largest absolute Gasteiger partial charge is 0.461 e. The van der Waals surface area contributed by atoms with Gasteiger partial charge in [0.05, 0.1) is 11.6 Å². The predicted octanol–water partition coefficient (Wildman–Crippen LogP) is 3.01. The number of carbonyl (C=O) groups is 1. The lowest BCUT2D eigenvalue weighted by Gasteiger charge is -2.10. The molecule has 7 nitrogen and oxygen atoms in total. The van der Waals surface area contributed by atoms with Crippen molar-refractivity contribution in [1.29, 1.82) is 5.26 Å². The highest BCUT2D eigenvalue weighted by Gasteiger charge is 2.15. The van der Waals surface area contributed by atoms with Gasteiger partial charge in [-0.3, -0.25) is 4.79 Å². The predicted molar refractivity (Wildman–Crippen MR) is 101 cm³/mol. The van der Waals surface area contributed by atoms with Crippen molar-refractivity contribution >= 4 is 23.5 Å². The zero-order valence-electron chi connectivity index (χ0n) is 15.4. The number of ether oxygens (including phenoxy) is 1. The van der Waals surface area contributed by atoms with Gasteiger partial charge in [-0.05, 0) is 49.8 Å². The van der Waals surface area contributed by atoms with E-state index < -0.39 is 0 Å². The summed E-state index contributed by atoms with van der Waals surface area (Å²) in [7, 11) is 0. The number of nitriles is 1. The monoisotopic (exact) mass is 381 g/mol. The van der Waals surface area contributed by atoms with Crippen LogP contribution in [0.4, 0.5) is 0 Å². The summed E-state index contributed by atoms with van der Waals surface area (Å²) in [6.07, 6.45) is 2.71. The van der Waals surface area contributed by atoms with Crippen LogP contribution in [0.25, 0.3) is 5.78 Å². The van der Waals surface area contributed by atoms with Gasteiger partial charge in [-0.1, -0.05) is 23.9 Å². The Morgan fingerprint density at radius 2 is 2.00 bits per heavy atom. The lowest BCUT2D eigenvalue weighted by Crippen LogP contribution is -2.10. The zero-order chi connectivity index (χ0) is 19.4. The van der Waals surface area contributed by atoms with Crippen LogP contribution in [0.15, 0.2) is 29.4 Å². The van der Waals surface area contributed by atoms with Crippen molar-refractivity contribution in [3.05, 3.63) is 52.3 Å². The van der Waals surface area contributed by atoms with Gasteiger partial charge in [0.2, 0.25) is 5.16 Å².